The smallest absolute Gasteiger partial charge is 0.306 e. The van der Waals surface area contributed by atoms with Gasteiger partial charge in [0.05, 0.1) is 16.4 Å². The van der Waals surface area contributed by atoms with Crippen LogP contribution in [0.4, 0.5) is 0 Å². The number of rotatable bonds is 1. The van der Waals surface area contributed by atoms with E-state index in [0.717, 1.165) is 0 Å². The lowest BCUT2D eigenvalue weighted by molar-refractivity contribution is -0.142. The molecule has 5 heteroatoms. The van der Waals surface area contributed by atoms with E-state index >= 15 is 0 Å². The van der Waals surface area contributed by atoms with Gasteiger partial charge in [0.2, 0.25) is 0 Å². The summed E-state index contributed by atoms with van der Waals surface area (Å²) in [6.07, 6.45) is 1.98. The molecule has 3 atom stereocenters. The van der Waals surface area contributed by atoms with Crippen molar-refractivity contribution in [2.45, 2.75) is 36.2 Å². The van der Waals surface area contributed by atoms with Crippen LogP contribution in [0, 0.1) is 5.92 Å². The lowest BCUT2D eigenvalue weighted by Gasteiger charge is -2.24. The van der Waals surface area contributed by atoms with Crippen LogP contribution in [-0.2, 0) is 14.6 Å². The maximum atomic E-state index is 11.6. The SMILES string of the molecule is O=C(O)C1C[C@H]2CC[C@@H](C1)S2(=O)=O. The van der Waals surface area contributed by atoms with E-state index in [1.54, 1.807) is 0 Å². The molecule has 2 rings (SSSR count). The van der Waals surface area contributed by atoms with Gasteiger partial charge >= 0.3 is 5.97 Å². The highest BCUT2D eigenvalue weighted by molar-refractivity contribution is 7.93. The first-order valence-corrected chi connectivity index (χ1v) is 6.08. The van der Waals surface area contributed by atoms with Crippen LogP contribution in [-0.4, -0.2) is 30.0 Å². The second-order valence-corrected chi connectivity index (χ2v) is 6.43. The lowest BCUT2D eigenvalue weighted by atomic mass is 10.00. The van der Waals surface area contributed by atoms with Gasteiger partial charge in [-0.3, -0.25) is 4.79 Å². The Morgan fingerprint density at radius 1 is 1.15 bits per heavy atom. The number of carbonyl (C=O) groups is 1. The summed E-state index contributed by atoms with van der Waals surface area (Å²) in [5.74, 6) is -1.27. The highest BCUT2D eigenvalue weighted by Crippen LogP contribution is 2.41. The molecule has 4 nitrogen and oxygen atoms in total. The summed E-state index contributed by atoms with van der Waals surface area (Å²) in [7, 11) is -2.96. The molecule has 2 aliphatic heterocycles. The summed E-state index contributed by atoms with van der Waals surface area (Å²) < 4.78 is 23.1. The fourth-order valence-electron chi connectivity index (χ4n) is 2.41. The van der Waals surface area contributed by atoms with E-state index in [0.29, 0.717) is 25.7 Å². The first-order chi connectivity index (χ1) is 6.01. The van der Waals surface area contributed by atoms with Gasteiger partial charge in [0.1, 0.15) is 0 Å². The summed E-state index contributed by atoms with van der Waals surface area (Å²) in [5, 5.41) is 8.04. The maximum Gasteiger partial charge on any atom is 0.306 e. The molecule has 0 spiro atoms. The molecule has 13 heavy (non-hydrogen) atoms. The molecule has 1 unspecified atom stereocenters. The van der Waals surface area contributed by atoms with Crippen molar-refractivity contribution in [2.24, 2.45) is 5.92 Å². The molecule has 0 radical (unpaired) electrons. The maximum absolute atomic E-state index is 11.6. The van der Waals surface area contributed by atoms with Gasteiger partial charge in [0.25, 0.3) is 0 Å². The van der Waals surface area contributed by atoms with Crippen molar-refractivity contribution >= 4 is 15.8 Å². The molecule has 0 amide bonds. The van der Waals surface area contributed by atoms with Crippen molar-refractivity contribution in [3.63, 3.8) is 0 Å². The van der Waals surface area contributed by atoms with E-state index in [1.165, 1.54) is 0 Å². The predicted molar refractivity (Wildman–Crippen MR) is 46.1 cm³/mol. The van der Waals surface area contributed by atoms with Gasteiger partial charge in [-0.1, -0.05) is 0 Å². The van der Waals surface area contributed by atoms with Crippen LogP contribution in [0.25, 0.3) is 0 Å². The van der Waals surface area contributed by atoms with Gasteiger partial charge in [0, 0.05) is 0 Å². The Balaban J connectivity index is 2.25. The fourth-order valence-corrected chi connectivity index (χ4v) is 4.88. The van der Waals surface area contributed by atoms with Crippen molar-refractivity contribution in [1.82, 2.24) is 0 Å². The highest BCUT2D eigenvalue weighted by Gasteiger charge is 2.48. The van der Waals surface area contributed by atoms with Crippen molar-refractivity contribution in [1.29, 1.82) is 0 Å². The molecule has 2 saturated heterocycles. The normalized spacial score (nSPS) is 41.7. The minimum absolute atomic E-state index is 0.328. The summed E-state index contributed by atoms with van der Waals surface area (Å²) >= 11 is 0. The van der Waals surface area contributed by atoms with E-state index < -0.39 is 21.7 Å². The molecule has 0 saturated carbocycles. The number of hydrogen-bond donors (Lipinski definition) is 1. The molecule has 2 aliphatic rings. The Kier molecular flexibility index (Phi) is 1.87. The van der Waals surface area contributed by atoms with E-state index in [-0.39, 0.29) is 10.5 Å². The third-order valence-electron chi connectivity index (χ3n) is 3.18. The molecule has 0 aromatic rings. The molecule has 0 aromatic carbocycles. The van der Waals surface area contributed by atoms with Crippen molar-refractivity contribution in [3.05, 3.63) is 0 Å². The van der Waals surface area contributed by atoms with Crippen molar-refractivity contribution < 1.29 is 18.3 Å². The van der Waals surface area contributed by atoms with Crippen molar-refractivity contribution in [3.8, 4) is 0 Å². The monoisotopic (exact) mass is 204 g/mol. The molecule has 1 N–H and O–H groups in total. The molecular weight excluding hydrogens is 192 g/mol. The lowest BCUT2D eigenvalue weighted by Crippen LogP contribution is -2.35. The summed E-state index contributed by atoms with van der Waals surface area (Å²) in [4.78, 5) is 10.7. The summed E-state index contributed by atoms with van der Waals surface area (Å²) in [5.41, 5.74) is 0. The zero-order chi connectivity index (χ0) is 9.64. The Labute approximate surface area is 76.9 Å². The third kappa shape index (κ3) is 1.25. The van der Waals surface area contributed by atoms with Gasteiger partial charge in [-0.2, -0.15) is 0 Å². The van der Waals surface area contributed by atoms with E-state index in [1.807, 2.05) is 0 Å². The Hall–Kier alpha value is -0.580. The standard InChI is InChI=1S/C8H12O4S/c9-8(10)5-3-6-1-2-7(4-5)13(6,11)12/h5-7H,1-4H2,(H,9,10)/t5?,6-,7+. The van der Waals surface area contributed by atoms with Crippen molar-refractivity contribution in [2.75, 3.05) is 0 Å². The Morgan fingerprint density at radius 3 is 2.00 bits per heavy atom. The molecule has 0 aromatic heterocycles. The number of hydrogen-bond acceptors (Lipinski definition) is 3. The van der Waals surface area contributed by atoms with Crippen LogP contribution >= 0.6 is 0 Å². The van der Waals surface area contributed by atoms with Gasteiger partial charge < -0.3 is 5.11 Å². The molecule has 0 aliphatic carbocycles. The van der Waals surface area contributed by atoms with Crippen LogP contribution in [0.3, 0.4) is 0 Å². The molecule has 74 valence electrons. The zero-order valence-electron chi connectivity index (χ0n) is 7.14. The van der Waals surface area contributed by atoms with Gasteiger partial charge in [-0.05, 0) is 25.7 Å². The number of carboxylic acids is 1. The van der Waals surface area contributed by atoms with Gasteiger partial charge in [-0.25, -0.2) is 8.42 Å². The van der Waals surface area contributed by atoms with Crippen LogP contribution in [0.1, 0.15) is 25.7 Å². The van der Waals surface area contributed by atoms with Crippen LogP contribution in [0.2, 0.25) is 0 Å². The van der Waals surface area contributed by atoms with Crippen LogP contribution < -0.4 is 0 Å². The van der Waals surface area contributed by atoms with Gasteiger partial charge in [0.15, 0.2) is 9.84 Å². The average Bonchev–Trinajstić information content (AvgIpc) is 2.24. The molecular formula is C8H12O4S. The third-order valence-corrected chi connectivity index (χ3v) is 5.90. The Bertz CT molecular complexity index is 312. The van der Waals surface area contributed by atoms with Gasteiger partial charge in [-0.15, -0.1) is 0 Å². The number of carboxylic acid groups (broad SMARTS) is 1. The number of aliphatic carboxylic acids is 1. The first kappa shape index (κ1) is 8.99. The molecule has 2 fully saturated rings. The summed E-state index contributed by atoms with van der Waals surface area (Å²) in [6.45, 7) is 0. The second kappa shape index (κ2) is 2.70. The minimum Gasteiger partial charge on any atom is -0.481 e. The average molecular weight is 204 g/mol. The molecule has 2 heterocycles. The number of sulfone groups is 1. The van der Waals surface area contributed by atoms with E-state index in [4.69, 9.17) is 5.11 Å². The van der Waals surface area contributed by atoms with Crippen LogP contribution in [0.15, 0.2) is 0 Å². The van der Waals surface area contributed by atoms with Crippen LogP contribution in [0.5, 0.6) is 0 Å². The van der Waals surface area contributed by atoms with E-state index in [2.05, 4.69) is 0 Å². The quantitative estimate of drug-likeness (QED) is 0.672. The summed E-state index contributed by atoms with van der Waals surface area (Å²) in [6, 6.07) is 0. The predicted octanol–water partition coefficient (Wildman–Crippen LogP) is 0.427. The zero-order valence-corrected chi connectivity index (χ0v) is 7.96. The second-order valence-electron chi connectivity index (χ2n) is 3.92. The topological polar surface area (TPSA) is 71.4 Å². The molecule has 2 bridgehead atoms. The first-order valence-electron chi connectivity index (χ1n) is 4.47. The Morgan fingerprint density at radius 2 is 1.62 bits per heavy atom. The minimum atomic E-state index is -2.96. The van der Waals surface area contributed by atoms with E-state index in [9.17, 15) is 13.2 Å². The largest absolute Gasteiger partial charge is 0.481 e. The fraction of sp³-hybridized carbons (Fsp3) is 0.875. The number of fused-ring (bicyclic) bond motifs is 2. The highest BCUT2D eigenvalue weighted by atomic mass is 32.2.